The molecule has 0 radical (unpaired) electrons. The Balaban J connectivity index is 1.51. The predicted octanol–water partition coefficient (Wildman–Crippen LogP) is 2.10. The van der Waals surface area contributed by atoms with Gasteiger partial charge in [-0.25, -0.2) is 13.8 Å². The summed E-state index contributed by atoms with van der Waals surface area (Å²) in [6.07, 6.45) is 0. The number of ether oxygens (including phenoxy) is 1. The van der Waals surface area contributed by atoms with E-state index in [2.05, 4.69) is 48.9 Å². The summed E-state index contributed by atoms with van der Waals surface area (Å²) < 4.78 is 35.8. The number of rotatable bonds is 6. The molecule has 11 heteroatoms. The normalized spacial score (nSPS) is 19.7. The number of aromatic hydroxyl groups is 1. The SMILES string of the molecule is CC1CNCCN1c1nc(OCCN2CCN(C)CC2)nc2nc(-c3c(O)cccc3F)c(F)cc12. The molecule has 1 aromatic carbocycles. The van der Waals surface area contributed by atoms with Crippen LogP contribution in [0.1, 0.15) is 6.92 Å². The van der Waals surface area contributed by atoms with Crippen molar-refractivity contribution in [2.24, 2.45) is 0 Å². The first kappa shape index (κ1) is 24.5. The Hall–Kier alpha value is -3.15. The fourth-order valence-electron chi connectivity index (χ4n) is 4.69. The minimum Gasteiger partial charge on any atom is -0.507 e. The van der Waals surface area contributed by atoms with Gasteiger partial charge in [0.1, 0.15) is 29.7 Å². The fraction of sp³-hybridized carbons (Fsp3) is 0.480. The number of benzene rings is 1. The fourth-order valence-corrected chi connectivity index (χ4v) is 4.69. The molecule has 0 spiro atoms. The van der Waals surface area contributed by atoms with Crippen LogP contribution in [0.4, 0.5) is 14.6 Å². The molecule has 2 fully saturated rings. The minimum absolute atomic E-state index is 0.105. The van der Waals surface area contributed by atoms with Gasteiger partial charge in [0, 0.05) is 58.4 Å². The average Bonchev–Trinajstić information content (AvgIpc) is 2.86. The number of phenolic OH excluding ortho intramolecular Hbond substituents is 1. The first-order valence-electron chi connectivity index (χ1n) is 12.3. The minimum atomic E-state index is -0.769. The molecule has 5 rings (SSSR count). The highest BCUT2D eigenvalue weighted by molar-refractivity contribution is 5.90. The number of aromatic nitrogens is 3. The van der Waals surface area contributed by atoms with Crippen LogP contribution in [-0.4, -0.2) is 102 Å². The summed E-state index contributed by atoms with van der Waals surface area (Å²) in [6.45, 7) is 9.34. The molecule has 2 aliphatic heterocycles. The molecule has 2 aromatic heterocycles. The van der Waals surface area contributed by atoms with Crippen molar-refractivity contribution in [2.75, 3.05) is 70.9 Å². The monoisotopic (exact) mass is 499 g/mol. The van der Waals surface area contributed by atoms with Crippen LogP contribution >= 0.6 is 0 Å². The second-order valence-electron chi connectivity index (χ2n) is 9.39. The summed E-state index contributed by atoms with van der Waals surface area (Å²) in [6, 6.07) is 5.31. The zero-order chi connectivity index (χ0) is 25.2. The van der Waals surface area contributed by atoms with E-state index >= 15 is 4.39 Å². The maximum Gasteiger partial charge on any atom is 0.320 e. The van der Waals surface area contributed by atoms with Gasteiger partial charge >= 0.3 is 6.01 Å². The van der Waals surface area contributed by atoms with Gasteiger partial charge in [-0.05, 0) is 32.2 Å². The number of phenols is 1. The predicted molar refractivity (Wildman–Crippen MR) is 133 cm³/mol. The van der Waals surface area contributed by atoms with Crippen LogP contribution < -0.4 is 15.0 Å². The highest BCUT2D eigenvalue weighted by atomic mass is 19.1. The van der Waals surface area contributed by atoms with E-state index in [1.54, 1.807) is 0 Å². The maximum atomic E-state index is 15.3. The van der Waals surface area contributed by atoms with Crippen LogP contribution in [0.5, 0.6) is 11.8 Å². The second-order valence-corrected chi connectivity index (χ2v) is 9.39. The Labute approximate surface area is 208 Å². The number of pyridine rings is 1. The molecule has 0 saturated carbocycles. The van der Waals surface area contributed by atoms with Gasteiger partial charge in [0.2, 0.25) is 0 Å². The standard InChI is InChI=1S/C25H31F2N7O2/c1-16-15-28-6-7-34(16)24-17-14-19(27)22(21-18(26)4-3-5-20(21)35)29-23(17)30-25(31-24)36-13-12-33-10-8-32(2)9-11-33/h3-5,14,16,28,35H,6-13,15H2,1-2H3. The van der Waals surface area contributed by atoms with Crippen LogP contribution in [0.2, 0.25) is 0 Å². The van der Waals surface area contributed by atoms with Gasteiger partial charge in [0.05, 0.1) is 10.9 Å². The van der Waals surface area contributed by atoms with Crippen LogP contribution in [0.25, 0.3) is 22.3 Å². The van der Waals surface area contributed by atoms with Crippen molar-refractivity contribution in [3.8, 4) is 23.0 Å². The number of anilines is 1. The van der Waals surface area contributed by atoms with E-state index < -0.39 is 17.4 Å². The summed E-state index contributed by atoms with van der Waals surface area (Å²) in [7, 11) is 2.11. The molecule has 0 bridgehead atoms. The van der Waals surface area contributed by atoms with Crippen molar-refractivity contribution in [3.05, 3.63) is 35.9 Å². The average molecular weight is 500 g/mol. The third-order valence-electron chi connectivity index (χ3n) is 6.84. The van der Waals surface area contributed by atoms with Crippen LogP contribution in [0.3, 0.4) is 0 Å². The Bertz CT molecular complexity index is 1220. The lowest BCUT2D eigenvalue weighted by atomic mass is 10.1. The van der Waals surface area contributed by atoms with Gasteiger partial charge < -0.3 is 25.0 Å². The van der Waals surface area contributed by atoms with Gasteiger partial charge in [-0.2, -0.15) is 9.97 Å². The molecule has 36 heavy (non-hydrogen) atoms. The highest BCUT2D eigenvalue weighted by Gasteiger charge is 2.26. The van der Waals surface area contributed by atoms with Crippen molar-refractivity contribution < 1.29 is 18.6 Å². The number of likely N-dealkylation sites (N-methyl/N-ethyl adjacent to an activating group) is 1. The smallest absolute Gasteiger partial charge is 0.320 e. The molecule has 0 aliphatic carbocycles. The summed E-state index contributed by atoms with van der Waals surface area (Å²) >= 11 is 0. The third-order valence-corrected chi connectivity index (χ3v) is 6.84. The number of fused-ring (bicyclic) bond motifs is 1. The molecule has 192 valence electrons. The van der Waals surface area contributed by atoms with E-state index in [0.29, 0.717) is 24.4 Å². The zero-order valence-electron chi connectivity index (χ0n) is 20.5. The van der Waals surface area contributed by atoms with E-state index in [0.717, 1.165) is 51.9 Å². The van der Waals surface area contributed by atoms with Crippen molar-refractivity contribution in [1.29, 1.82) is 0 Å². The number of piperazine rings is 2. The Kier molecular flexibility index (Phi) is 7.13. The quantitative estimate of drug-likeness (QED) is 0.529. The van der Waals surface area contributed by atoms with Gasteiger partial charge in [-0.15, -0.1) is 0 Å². The molecule has 1 atom stereocenters. The van der Waals surface area contributed by atoms with Crippen LogP contribution in [0, 0.1) is 11.6 Å². The Morgan fingerprint density at radius 1 is 1.08 bits per heavy atom. The molecular weight excluding hydrogens is 468 g/mol. The third kappa shape index (κ3) is 5.04. The van der Waals surface area contributed by atoms with Gasteiger partial charge in [-0.3, -0.25) is 4.90 Å². The van der Waals surface area contributed by atoms with Crippen molar-refractivity contribution in [2.45, 2.75) is 13.0 Å². The maximum absolute atomic E-state index is 15.3. The van der Waals surface area contributed by atoms with Crippen LogP contribution in [-0.2, 0) is 0 Å². The lowest BCUT2D eigenvalue weighted by molar-refractivity contribution is 0.131. The molecule has 2 N–H and O–H groups in total. The van der Waals surface area contributed by atoms with E-state index in [9.17, 15) is 9.50 Å². The molecule has 2 saturated heterocycles. The number of nitrogens with one attached hydrogen (secondary N) is 1. The second kappa shape index (κ2) is 10.5. The zero-order valence-corrected chi connectivity index (χ0v) is 20.5. The molecular formula is C25H31F2N7O2. The number of hydrogen-bond acceptors (Lipinski definition) is 9. The molecule has 1 unspecified atom stereocenters. The van der Waals surface area contributed by atoms with Crippen LogP contribution in [0.15, 0.2) is 24.3 Å². The highest BCUT2D eigenvalue weighted by Crippen LogP contribution is 2.35. The van der Waals surface area contributed by atoms with Gasteiger partial charge in [0.15, 0.2) is 11.5 Å². The van der Waals surface area contributed by atoms with E-state index in [-0.39, 0.29) is 29.0 Å². The lowest BCUT2D eigenvalue weighted by Gasteiger charge is -2.35. The van der Waals surface area contributed by atoms with Crippen molar-refractivity contribution in [1.82, 2.24) is 30.1 Å². The van der Waals surface area contributed by atoms with Crippen molar-refractivity contribution >= 4 is 16.9 Å². The Morgan fingerprint density at radius 2 is 1.89 bits per heavy atom. The number of halogens is 2. The topological polar surface area (TPSA) is 89.9 Å². The molecule has 0 amide bonds. The molecule has 2 aliphatic rings. The van der Waals surface area contributed by atoms with E-state index in [1.807, 2.05) is 0 Å². The van der Waals surface area contributed by atoms with E-state index in [1.165, 1.54) is 18.2 Å². The Morgan fingerprint density at radius 3 is 2.64 bits per heavy atom. The lowest BCUT2D eigenvalue weighted by Crippen LogP contribution is -2.50. The largest absolute Gasteiger partial charge is 0.507 e. The molecule has 9 nitrogen and oxygen atoms in total. The van der Waals surface area contributed by atoms with Gasteiger partial charge in [0.25, 0.3) is 0 Å². The molecule has 3 aromatic rings. The molecule has 4 heterocycles. The van der Waals surface area contributed by atoms with E-state index in [4.69, 9.17) is 4.74 Å². The summed E-state index contributed by atoms with van der Waals surface area (Å²) in [5.41, 5.74) is -0.427. The summed E-state index contributed by atoms with van der Waals surface area (Å²) in [4.78, 5) is 20.2. The van der Waals surface area contributed by atoms with Crippen molar-refractivity contribution in [3.63, 3.8) is 0 Å². The number of hydrogen-bond donors (Lipinski definition) is 2. The summed E-state index contributed by atoms with van der Waals surface area (Å²) in [5.74, 6) is -1.40. The number of nitrogens with zero attached hydrogens (tertiary/aromatic N) is 6. The first-order valence-corrected chi connectivity index (χ1v) is 12.3. The van der Waals surface area contributed by atoms with Gasteiger partial charge in [-0.1, -0.05) is 6.07 Å². The summed E-state index contributed by atoms with van der Waals surface area (Å²) in [5, 5.41) is 14.0. The first-order chi connectivity index (χ1) is 17.4.